The zero-order chi connectivity index (χ0) is 20.8. The number of aryl methyl sites for hydroxylation is 1. The molecule has 0 aliphatic rings. The quantitative estimate of drug-likeness (QED) is 0.474. The molecule has 3 aromatic rings. The van der Waals surface area contributed by atoms with E-state index in [-0.39, 0.29) is 25.0 Å². The summed E-state index contributed by atoms with van der Waals surface area (Å²) in [6.45, 7) is 5.62. The van der Waals surface area contributed by atoms with E-state index in [4.69, 9.17) is 0 Å². The van der Waals surface area contributed by atoms with Gasteiger partial charge >= 0.3 is 11.1 Å². The Morgan fingerprint density at radius 1 is 1.00 bits per heavy atom. The van der Waals surface area contributed by atoms with Crippen LogP contribution in [0.2, 0.25) is 0 Å². The van der Waals surface area contributed by atoms with E-state index in [0.717, 1.165) is 12.8 Å². The molecule has 0 bridgehead atoms. The molecule has 0 aliphatic heterocycles. The average molecular weight is 391 g/mol. The maximum Gasteiger partial charge on any atom is 0.317 e. The van der Waals surface area contributed by atoms with Crippen LogP contribution < -0.4 is 16.4 Å². The predicted molar refractivity (Wildman–Crippen MR) is 115 cm³/mol. The van der Waals surface area contributed by atoms with E-state index in [1.165, 1.54) is 14.7 Å². The van der Waals surface area contributed by atoms with Crippen molar-refractivity contribution in [1.82, 2.24) is 14.5 Å². The molecule has 6 heteroatoms. The van der Waals surface area contributed by atoms with E-state index in [9.17, 15) is 14.4 Å². The fourth-order valence-electron chi connectivity index (χ4n) is 3.40. The zero-order valence-electron chi connectivity index (χ0n) is 16.5. The Morgan fingerprint density at radius 2 is 1.59 bits per heavy atom. The van der Waals surface area contributed by atoms with Crippen molar-refractivity contribution in [3.8, 4) is 0 Å². The van der Waals surface area contributed by atoms with Crippen LogP contribution in [0.3, 0.4) is 0 Å². The molecular weight excluding hydrogens is 366 g/mol. The first-order valence-corrected chi connectivity index (χ1v) is 9.68. The third kappa shape index (κ3) is 4.71. The van der Waals surface area contributed by atoms with Gasteiger partial charge in [0.15, 0.2) is 0 Å². The summed E-state index contributed by atoms with van der Waals surface area (Å²) in [5.74, 6) is -0.293. The van der Waals surface area contributed by atoms with E-state index in [0.29, 0.717) is 11.0 Å². The number of allylic oxidation sites excluding steroid dienone is 1. The molecule has 0 radical (unpaired) electrons. The molecule has 2 aromatic carbocycles. The molecule has 0 saturated heterocycles. The van der Waals surface area contributed by atoms with Gasteiger partial charge in [0.2, 0.25) is 5.91 Å². The molecule has 0 aliphatic carbocycles. The van der Waals surface area contributed by atoms with E-state index < -0.39 is 11.1 Å². The van der Waals surface area contributed by atoms with Crippen molar-refractivity contribution in [2.24, 2.45) is 0 Å². The van der Waals surface area contributed by atoms with Crippen molar-refractivity contribution in [3.63, 3.8) is 0 Å². The van der Waals surface area contributed by atoms with Crippen LogP contribution in [0.1, 0.15) is 18.9 Å². The summed E-state index contributed by atoms with van der Waals surface area (Å²) < 4.78 is 2.62. The van der Waals surface area contributed by atoms with Gasteiger partial charge in [-0.2, -0.15) is 0 Å². The maximum absolute atomic E-state index is 12.6. The summed E-state index contributed by atoms with van der Waals surface area (Å²) in [6, 6.07) is 17.1. The number of benzene rings is 2. The molecule has 6 nitrogen and oxygen atoms in total. The van der Waals surface area contributed by atoms with Crippen LogP contribution in [0.15, 0.2) is 76.8 Å². The number of aromatic nitrogens is 2. The fourth-order valence-corrected chi connectivity index (χ4v) is 3.40. The van der Waals surface area contributed by atoms with Crippen molar-refractivity contribution >= 4 is 16.9 Å². The highest BCUT2D eigenvalue weighted by molar-refractivity contribution is 5.80. The summed E-state index contributed by atoms with van der Waals surface area (Å²) in [5, 5.41) is 2.93. The minimum absolute atomic E-state index is 0.0502. The number of rotatable bonds is 8. The Kier molecular flexibility index (Phi) is 6.44. The van der Waals surface area contributed by atoms with Crippen LogP contribution in [-0.4, -0.2) is 21.1 Å². The summed E-state index contributed by atoms with van der Waals surface area (Å²) in [6.07, 6.45) is 3.20. The zero-order valence-corrected chi connectivity index (χ0v) is 16.5. The van der Waals surface area contributed by atoms with E-state index in [1.54, 1.807) is 30.3 Å². The van der Waals surface area contributed by atoms with Gasteiger partial charge in [0.25, 0.3) is 0 Å². The van der Waals surface area contributed by atoms with Gasteiger partial charge in [-0.3, -0.25) is 23.5 Å². The Labute approximate surface area is 169 Å². The molecule has 0 spiro atoms. The largest absolute Gasteiger partial charge is 0.352 e. The molecule has 0 fully saturated rings. The summed E-state index contributed by atoms with van der Waals surface area (Å²) >= 11 is 0. The lowest BCUT2D eigenvalue weighted by atomic mass is 10.1. The molecule has 1 atom stereocenters. The van der Waals surface area contributed by atoms with Gasteiger partial charge < -0.3 is 5.32 Å². The Bertz CT molecular complexity index is 1130. The monoisotopic (exact) mass is 391 g/mol. The Morgan fingerprint density at radius 3 is 2.24 bits per heavy atom. The molecule has 3 rings (SSSR count). The van der Waals surface area contributed by atoms with Gasteiger partial charge in [-0.1, -0.05) is 48.5 Å². The fraction of sp³-hybridized carbons (Fsp3) is 0.261. The van der Waals surface area contributed by atoms with E-state index >= 15 is 0 Å². The highest BCUT2D eigenvalue weighted by atomic mass is 16.2. The number of amides is 1. The van der Waals surface area contributed by atoms with Crippen LogP contribution in [0.5, 0.6) is 0 Å². The lowest BCUT2D eigenvalue weighted by Gasteiger charge is -2.17. The van der Waals surface area contributed by atoms with Gasteiger partial charge in [0.05, 0.1) is 11.0 Å². The molecule has 1 N–H and O–H groups in total. The Hall–Kier alpha value is -3.41. The molecule has 1 aromatic heterocycles. The molecular formula is C23H25N3O3. The van der Waals surface area contributed by atoms with Crippen molar-refractivity contribution < 1.29 is 4.79 Å². The third-order valence-corrected chi connectivity index (χ3v) is 4.87. The average Bonchev–Trinajstić information content (AvgIpc) is 2.73. The lowest BCUT2D eigenvalue weighted by molar-refractivity contribution is -0.122. The maximum atomic E-state index is 12.6. The van der Waals surface area contributed by atoms with Crippen LogP contribution in [0.4, 0.5) is 0 Å². The number of nitrogens with zero attached hydrogens (tertiary/aromatic N) is 2. The normalized spacial score (nSPS) is 11.9. The minimum Gasteiger partial charge on any atom is -0.352 e. The summed E-state index contributed by atoms with van der Waals surface area (Å²) in [4.78, 5) is 37.7. The van der Waals surface area contributed by atoms with E-state index in [1.807, 2.05) is 25.1 Å². The molecule has 150 valence electrons. The van der Waals surface area contributed by atoms with Crippen molar-refractivity contribution in [2.75, 3.05) is 0 Å². The van der Waals surface area contributed by atoms with Gasteiger partial charge in [-0.05, 0) is 37.5 Å². The minimum atomic E-state index is -0.711. The van der Waals surface area contributed by atoms with Gasteiger partial charge in [0, 0.05) is 12.6 Å². The third-order valence-electron chi connectivity index (χ3n) is 4.87. The highest BCUT2D eigenvalue weighted by Gasteiger charge is 2.15. The standard InChI is InChI=1S/C23H25N3O3/c1-3-15-25-19-11-7-8-12-20(19)26(23(29)22(25)28)16-21(27)24-17(2)13-14-18-9-5-4-6-10-18/h3-12,17H,1,13-16H2,2H3,(H,24,27). The number of carbonyl (C=O) groups excluding carboxylic acids is 1. The SMILES string of the molecule is C=CCn1c(=O)c(=O)n(CC(=O)NC(C)CCc2ccccc2)c2ccccc21. The molecule has 1 amide bonds. The Balaban J connectivity index is 1.77. The van der Waals surface area contributed by atoms with Crippen LogP contribution in [-0.2, 0) is 24.3 Å². The first kappa shape index (κ1) is 20.3. The second kappa shape index (κ2) is 9.19. The van der Waals surface area contributed by atoms with Crippen molar-refractivity contribution in [2.45, 2.75) is 38.9 Å². The van der Waals surface area contributed by atoms with Crippen molar-refractivity contribution in [1.29, 1.82) is 0 Å². The summed E-state index contributed by atoms with van der Waals surface area (Å²) in [5.41, 5.74) is 0.987. The van der Waals surface area contributed by atoms with Crippen LogP contribution in [0.25, 0.3) is 11.0 Å². The van der Waals surface area contributed by atoms with Gasteiger partial charge in [-0.15, -0.1) is 6.58 Å². The number of hydrogen-bond acceptors (Lipinski definition) is 3. The topological polar surface area (TPSA) is 73.1 Å². The smallest absolute Gasteiger partial charge is 0.317 e. The molecule has 1 unspecified atom stereocenters. The summed E-state index contributed by atoms with van der Waals surface area (Å²) in [7, 11) is 0. The first-order chi connectivity index (χ1) is 14.0. The predicted octanol–water partition coefficient (Wildman–Crippen LogP) is 2.49. The molecule has 29 heavy (non-hydrogen) atoms. The lowest BCUT2D eigenvalue weighted by Crippen LogP contribution is -2.44. The number of nitrogens with one attached hydrogen (secondary N) is 1. The second-order valence-corrected chi connectivity index (χ2v) is 7.08. The number of carbonyl (C=O) groups is 1. The highest BCUT2D eigenvalue weighted by Crippen LogP contribution is 2.11. The molecule has 1 heterocycles. The number of para-hydroxylation sites is 2. The van der Waals surface area contributed by atoms with Crippen molar-refractivity contribution in [3.05, 3.63) is 93.5 Å². The second-order valence-electron chi connectivity index (χ2n) is 7.08. The van der Waals surface area contributed by atoms with Crippen LogP contribution in [0, 0.1) is 0 Å². The van der Waals surface area contributed by atoms with Crippen LogP contribution >= 0.6 is 0 Å². The first-order valence-electron chi connectivity index (χ1n) is 9.68. The number of fused-ring (bicyclic) bond motifs is 1. The van der Waals surface area contributed by atoms with Gasteiger partial charge in [-0.25, -0.2) is 0 Å². The van der Waals surface area contributed by atoms with E-state index in [2.05, 4.69) is 24.0 Å². The van der Waals surface area contributed by atoms with Gasteiger partial charge in [0.1, 0.15) is 6.54 Å². The molecule has 0 saturated carbocycles. The number of hydrogen-bond donors (Lipinski definition) is 1.